The topological polar surface area (TPSA) is 98.7 Å². The molecule has 7 heteroatoms. The van der Waals surface area contributed by atoms with Crippen LogP contribution in [0, 0.1) is 5.92 Å². The Hall–Kier alpha value is -3.35. The number of aliphatic carboxylic acids is 1. The molecule has 0 aliphatic carbocycles. The fourth-order valence-electron chi connectivity index (χ4n) is 4.25. The first-order valence-corrected chi connectivity index (χ1v) is 11.1. The summed E-state index contributed by atoms with van der Waals surface area (Å²) >= 11 is 0. The van der Waals surface area contributed by atoms with Crippen molar-refractivity contribution in [2.45, 2.75) is 58.5 Å². The first-order valence-electron chi connectivity index (χ1n) is 11.1. The molecule has 2 amide bonds. The Morgan fingerprint density at radius 2 is 1.72 bits per heavy atom. The van der Waals surface area contributed by atoms with Gasteiger partial charge in [-0.15, -0.1) is 0 Å². The lowest BCUT2D eigenvalue weighted by Crippen LogP contribution is -2.44. The molecular weight excluding hydrogens is 406 g/mol. The summed E-state index contributed by atoms with van der Waals surface area (Å²) in [5, 5.41) is 15.2. The van der Waals surface area contributed by atoms with Crippen LogP contribution in [0.2, 0.25) is 0 Å². The molecule has 0 saturated carbocycles. The average Bonchev–Trinajstić information content (AvgIpc) is 2.74. The highest BCUT2D eigenvalue weighted by atomic mass is 16.4. The van der Waals surface area contributed by atoms with Gasteiger partial charge >= 0.3 is 5.97 Å². The number of hydrogen-bond acceptors (Lipinski definition) is 4. The van der Waals surface area contributed by atoms with E-state index in [9.17, 15) is 14.4 Å². The summed E-state index contributed by atoms with van der Waals surface area (Å²) in [6, 6.07) is 15.6. The van der Waals surface area contributed by atoms with E-state index in [0.717, 1.165) is 23.4 Å². The van der Waals surface area contributed by atoms with Gasteiger partial charge in [0.2, 0.25) is 11.8 Å². The largest absolute Gasteiger partial charge is 0.481 e. The van der Waals surface area contributed by atoms with Gasteiger partial charge in [-0.25, -0.2) is 0 Å². The highest BCUT2D eigenvalue weighted by Gasteiger charge is 2.32. The van der Waals surface area contributed by atoms with Gasteiger partial charge in [-0.3, -0.25) is 14.4 Å². The molecule has 2 aromatic rings. The molecule has 32 heavy (non-hydrogen) atoms. The second-order valence-electron chi connectivity index (χ2n) is 8.49. The van der Waals surface area contributed by atoms with E-state index in [4.69, 9.17) is 5.11 Å². The Labute approximate surface area is 188 Å². The third-order valence-electron chi connectivity index (χ3n) is 5.73. The van der Waals surface area contributed by atoms with Crippen LogP contribution >= 0.6 is 0 Å². The normalized spacial score (nSPS) is 18.4. The third kappa shape index (κ3) is 5.66. The maximum absolute atomic E-state index is 12.5. The van der Waals surface area contributed by atoms with Gasteiger partial charge in [0.25, 0.3) is 0 Å². The molecule has 170 valence electrons. The van der Waals surface area contributed by atoms with E-state index >= 15 is 0 Å². The third-order valence-corrected chi connectivity index (χ3v) is 5.73. The van der Waals surface area contributed by atoms with E-state index in [2.05, 4.69) is 23.6 Å². The van der Waals surface area contributed by atoms with E-state index in [1.807, 2.05) is 54.3 Å². The van der Waals surface area contributed by atoms with Crippen LogP contribution in [0.4, 0.5) is 17.1 Å². The van der Waals surface area contributed by atoms with Crippen molar-refractivity contribution in [3.8, 4) is 0 Å². The van der Waals surface area contributed by atoms with Gasteiger partial charge in [-0.05, 0) is 55.2 Å². The molecule has 3 rings (SSSR count). The number of carbonyl (C=O) groups is 3. The van der Waals surface area contributed by atoms with Crippen molar-refractivity contribution in [2.24, 2.45) is 5.92 Å². The Morgan fingerprint density at radius 1 is 1.06 bits per heavy atom. The molecule has 3 N–H and O–H groups in total. The Bertz CT molecular complexity index is 973. The van der Waals surface area contributed by atoms with Crippen molar-refractivity contribution in [3.63, 3.8) is 0 Å². The summed E-state index contributed by atoms with van der Waals surface area (Å²) < 4.78 is 0. The molecule has 1 aliphatic rings. The maximum atomic E-state index is 12.5. The summed E-state index contributed by atoms with van der Waals surface area (Å²) in [6.45, 7) is 5.70. The Balaban J connectivity index is 1.67. The van der Waals surface area contributed by atoms with E-state index < -0.39 is 5.97 Å². The number of fused-ring (bicyclic) bond motifs is 1. The fraction of sp³-hybridized carbons (Fsp3) is 0.400. The monoisotopic (exact) mass is 437 g/mol. The summed E-state index contributed by atoms with van der Waals surface area (Å²) in [7, 11) is 0. The van der Waals surface area contributed by atoms with E-state index in [1.165, 1.54) is 0 Å². The minimum absolute atomic E-state index is 0.0289. The predicted octanol–water partition coefficient (Wildman–Crippen LogP) is 4.81. The first kappa shape index (κ1) is 23.3. The van der Waals surface area contributed by atoms with Gasteiger partial charge in [0.1, 0.15) is 0 Å². The molecule has 1 unspecified atom stereocenters. The molecule has 0 spiro atoms. The lowest BCUT2D eigenvalue weighted by molar-refractivity contribution is -0.138. The number of anilines is 3. The highest BCUT2D eigenvalue weighted by Crippen LogP contribution is 2.39. The zero-order valence-electron chi connectivity index (χ0n) is 18.8. The lowest BCUT2D eigenvalue weighted by atomic mass is 9.91. The standard InChI is InChI=1S/C25H31N3O4/c1-4-24(30)28-17(3)15-21(20-7-5-6-8-22(20)28)26-18-9-11-19(12-10-18)27-23(29)13-16(2)14-25(31)32/h5-12,16-17,21,26H,4,13-15H2,1-3H3,(H,27,29)(H,31,32)/t16?,17-,21+/m0/s1. The van der Waals surface area contributed by atoms with Crippen LogP contribution in [0.15, 0.2) is 48.5 Å². The number of amides is 2. The number of benzene rings is 2. The van der Waals surface area contributed by atoms with Crippen molar-refractivity contribution in [1.82, 2.24) is 0 Å². The highest BCUT2D eigenvalue weighted by molar-refractivity contribution is 5.95. The molecule has 0 bridgehead atoms. The van der Waals surface area contributed by atoms with E-state index in [1.54, 1.807) is 6.92 Å². The van der Waals surface area contributed by atoms with Gasteiger partial charge in [0.05, 0.1) is 6.04 Å². The average molecular weight is 438 g/mol. The molecule has 7 nitrogen and oxygen atoms in total. The van der Waals surface area contributed by atoms with Crippen molar-refractivity contribution in [3.05, 3.63) is 54.1 Å². The van der Waals surface area contributed by atoms with Crippen LogP contribution in [-0.4, -0.2) is 28.9 Å². The molecule has 0 aromatic heterocycles. The minimum Gasteiger partial charge on any atom is -0.481 e. The van der Waals surface area contributed by atoms with Crippen LogP contribution in [0.1, 0.15) is 58.1 Å². The number of carboxylic acid groups (broad SMARTS) is 1. The molecule has 3 atom stereocenters. The molecule has 0 radical (unpaired) electrons. The number of nitrogens with one attached hydrogen (secondary N) is 2. The van der Waals surface area contributed by atoms with Gasteiger partial charge in [0, 0.05) is 42.4 Å². The van der Waals surface area contributed by atoms with E-state index in [-0.39, 0.29) is 42.7 Å². The summed E-state index contributed by atoms with van der Waals surface area (Å²) in [4.78, 5) is 37.3. The second-order valence-corrected chi connectivity index (χ2v) is 8.49. The molecular formula is C25H31N3O4. The van der Waals surface area contributed by atoms with Crippen molar-refractivity contribution < 1.29 is 19.5 Å². The van der Waals surface area contributed by atoms with Crippen molar-refractivity contribution >= 4 is 34.8 Å². The van der Waals surface area contributed by atoms with Crippen LogP contribution in [0.3, 0.4) is 0 Å². The molecule has 1 aliphatic heterocycles. The molecule has 1 heterocycles. The summed E-state index contributed by atoms with van der Waals surface area (Å²) in [5.41, 5.74) is 3.64. The quantitative estimate of drug-likeness (QED) is 0.550. The number of carboxylic acids is 1. The summed E-state index contributed by atoms with van der Waals surface area (Å²) in [6.07, 6.45) is 1.40. The van der Waals surface area contributed by atoms with Crippen LogP contribution < -0.4 is 15.5 Å². The zero-order valence-corrected chi connectivity index (χ0v) is 18.8. The van der Waals surface area contributed by atoms with Gasteiger partial charge in [0.15, 0.2) is 0 Å². The number of hydrogen-bond donors (Lipinski definition) is 3. The number of nitrogens with zero attached hydrogens (tertiary/aromatic N) is 1. The number of rotatable bonds is 8. The SMILES string of the molecule is CCC(=O)N1c2ccccc2[C@H](Nc2ccc(NC(=O)CC(C)CC(=O)O)cc2)C[C@@H]1C. The van der Waals surface area contributed by atoms with E-state index in [0.29, 0.717) is 12.1 Å². The molecule has 0 saturated heterocycles. The maximum Gasteiger partial charge on any atom is 0.303 e. The summed E-state index contributed by atoms with van der Waals surface area (Å²) in [5.74, 6) is -1.20. The second kappa shape index (κ2) is 10.3. The van der Waals surface area contributed by atoms with Gasteiger partial charge in [-0.2, -0.15) is 0 Å². The number of para-hydroxylation sites is 1. The Kier molecular flexibility index (Phi) is 7.51. The molecule has 0 fully saturated rings. The smallest absolute Gasteiger partial charge is 0.303 e. The fourth-order valence-corrected chi connectivity index (χ4v) is 4.25. The molecule has 2 aromatic carbocycles. The van der Waals surface area contributed by atoms with Crippen molar-refractivity contribution in [1.29, 1.82) is 0 Å². The lowest BCUT2D eigenvalue weighted by Gasteiger charge is -2.40. The van der Waals surface area contributed by atoms with Crippen molar-refractivity contribution in [2.75, 3.05) is 15.5 Å². The predicted molar refractivity (Wildman–Crippen MR) is 126 cm³/mol. The number of carbonyl (C=O) groups excluding carboxylic acids is 2. The van der Waals surface area contributed by atoms with Crippen LogP contribution in [0.5, 0.6) is 0 Å². The Morgan fingerprint density at radius 3 is 2.38 bits per heavy atom. The van der Waals surface area contributed by atoms with Crippen LogP contribution in [0.25, 0.3) is 0 Å². The zero-order chi connectivity index (χ0) is 23.3. The van der Waals surface area contributed by atoms with Gasteiger partial charge < -0.3 is 20.6 Å². The van der Waals surface area contributed by atoms with Crippen LogP contribution in [-0.2, 0) is 14.4 Å². The minimum atomic E-state index is -0.901. The first-order chi connectivity index (χ1) is 15.3. The van der Waals surface area contributed by atoms with Gasteiger partial charge in [-0.1, -0.05) is 32.0 Å².